The quantitative estimate of drug-likeness (QED) is 0.175. The topological polar surface area (TPSA) is 26.3 Å². The Labute approximate surface area is 217 Å². The summed E-state index contributed by atoms with van der Waals surface area (Å²) in [5, 5.41) is 0. The number of rotatable bonds is 10. The second kappa shape index (κ2) is 11.3. The Bertz CT molecular complexity index is 752. The molecular weight excluding hydrogens is 428 g/mol. The van der Waals surface area contributed by atoms with Crippen LogP contribution in [0.1, 0.15) is 138 Å². The summed E-state index contributed by atoms with van der Waals surface area (Å²) in [6.45, 7) is 14.8. The summed E-state index contributed by atoms with van der Waals surface area (Å²) >= 11 is 0. The lowest BCUT2D eigenvalue weighted by Crippen LogP contribution is -2.51. The molecule has 2 nitrogen and oxygen atoms in total. The third kappa shape index (κ3) is 5.57. The minimum Gasteiger partial charge on any atom is -0.462 e. The van der Waals surface area contributed by atoms with Gasteiger partial charge in [-0.25, -0.2) is 0 Å². The van der Waals surface area contributed by atoms with Gasteiger partial charge in [-0.05, 0) is 97.7 Å². The van der Waals surface area contributed by atoms with Gasteiger partial charge in [0.1, 0.15) is 6.10 Å². The fourth-order valence-corrected chi connectivity index (χ4v) is 9.52. The average Bonchev–Trinajstić information content (AvgIpc) is 3.16. The van der Waals surface area contributed by atoms with Crippen molar-refractivity contribution in [3.05, 3.63) is 11.6 Å². The number of fused-ring (bicyclic) bond motifs is 5. The molecule has 4 aliphatic rings. The third-order valence-electron chi connectivity index (χ3n) is 11.5. The lowest BCUT2D eigenvalue weighted by Gasteiger charge is -2.58. The van der Waals surface area contributed by atoms with E-state index >= 15 is 0 Å². The zero-order valence-electron chi connectivity index (χ0n) is 24.0. The van der Waals surface area contributed by atoms with Crippen LogP contribution in [0.3, 0.4) is 0 Å². The van der Waals surface area contributed by atoms with Gasteiger partial charge in [0.2, 0.25) is 0 Å². The van der Waals surface area contributed by atoms with E-state index in [0.717, 1.165) is 67.6 Å². The molecule has 4 aliphatic carbocycles. The number of carbonyl (C=O) groups excluding carboxylic acids is 1. The number of unbranched alkanes of at least 4 members (excludes halogenated alkanes) is 2. The molecule has 0 heterocycles. The first kappa shape index (κ1) is 27.3. The van der Waals surface area contributed by atoms with Gasteiger partial charge >= 0.3 is 5.97 Å². The number of allylic oxidation sites excluding steroid dienone is 1. The van der Waals surface area contributed by atoms with E-state index in [1.807, 2.05) is 0 Å². The van der Waals surface area contributed by atoms with E-state index in [-0.39, 0.29) is 12.1 Å². The molecule has 8 atom stereocenters. The van der Waals surface area contributed by atoms with Crippen LogP contribution in [0.2, 0.25) is 0 Å². The predicted molar refractivity (Wildman–Crippen MR) is 147 cm³/mol. The molecule has 35 heavy (non-hydrogen) atoms. The minimum atomic E-state index is 0.0364. The van der Waals surface area contributed by atoms with E-state index in [0.29, 0.717) is 17.3 Å². The standard InChI is InChI=1S/C33H56O2/c1-7-8-9-13-31(34)35-26-18-20-32(5)25(22-26)14-15-27-29-17-16-28(24(4)12-10-11-23(2)3)33(29,6)21-19-30(27)32/h14,23-24,26-30H,7-13,15-22H2,1-6H3/t24?,26?,27?,28?,29?,30?,32-,33+/m0/s1. The number of ether oxygens (including phenoxy) is 1. The maximum Gasteiger partial charge on any atom is 0.306 e. The van der Waals surface area contributed by atoms with Gasteiger partial charge in [-0.1, -0.05) is 85.3 Å². The molecule has 0 radical (unpaired) electrons. The van der Waals surface area contributed by atoms with Crippen LogP contribution >= 0.6 is 0 Å². The molecule has 0 bridgehead atoms. The molecule has 0 saturated heterocycles. The molecule has 0 aromatic rings. The molecule has 200 valence electrons. The highest BCUT2D eigenvalue weighted by Gasteiger charge is 2.59. The first-order valence-corrected chi connectivity index (χ1v) is 15.6. The second-order valence-electron chi connectivity index (χ2n) is 14.1. The molecule has 0 amide bonds. The first-order valence-electron chi connectivity index (χ1n) is 15.6. The summed E-state index contributed by atoms with van der Waals surface area (Å²) in [4.78, 5) is 12.4. The largest absolute Gasteiger partial charge is 0.462 e. The molecule has 3 fully saturated rings. The molecule has 0 aromatic heterocycles. The second-order valence-corrected chi connectivity index (χ2v) is 14.1. The first-order chi connectivity index (χ1) is 16.7. The molecule has 0 aliphatic heterocycles. The normalized spacial score (nSPS) is 39.4. The van der Waals surface area contributed by atoms with Crippen molar-refractivity contribution in [1.29, 1.82) is 0 Å². The number of carbonyl (C=O) groups is 1. The zero-order valence-corrected chi connectivity index (χ0v) is 24.0. The van der Waals surface area contributed by atoms with Crippen LogP contribution in [0, 0.1) is 46.3 Å². The Morgan fingerprint density at radius 3 is 2.54 bits per heavy atom. The fourth-order valence-electron chi connectivity index (χ4n) is 9.52. The van der Waals surface area contributed by atoms with Gasteiger partial charge in [-0.15, -0.1) is 0 Å². The van der Waals surface area contributed by atoms with Gasteiger partial charge in [0.25, 0.3) is 0 Å². The van der Waals surface area contributed by atoms with E-state index in [1.165, 1.54) is 57.8 Å². The van der Waals surface area contributed by atoms with Gasteiger partial charge in [0.15, 0.2) is 0 Å². The zero-order chi connectivity index (χ0) is 25.2. The van der Waals surface area contributed by atoms with Crippen LogP contribution in [0.15, 0.2) is 11.6 Å². The lowest BCUT2D eigenvalue weighted by molar-refractivity contribution is -0.151. The summed E-state index contributed by atoms with van der Waals surface area (Å²) in [7, 11) is 0. The summed E-state index contributed by atoms with van der Waals surface area (Å²) < 4.78 is 5.96. The predicted octanol–water partition coefficient (Wildman–Crippen LogP) is 9.52. The van der Waals surface area contributed by atoms with Crippen LogP contribution < -0.4 is 0 Å². The molecule has 4 rings (SSSR count). The third-order valence-corrected chi connectivity index (χ3v) is 11.5. The summed E-state index contributed by atoms with van der Waals surface area (Å²) in [6, 6.07) is 0. The Balaban J connectivity index is 1.39. The van der Waals surface area contributed by atoms with Crippen LogP contribution in [-0.4, -0.2) is 12.1 Å². The van der Waals surface area contributed by atoms with E-state index in [1.54, 1.807) is 5.57 Å². The van der Waals surface area contributed by atoms with E-state index in [4.69, 9.17) is 4.74 Å². The van der Waals surface area contributed by atoms with Crippen molar-refractivity contribution < 1.29 is 9.53 Å². The van der Waals surface area contributed by atoms with Crippen molar-refractivity contribution >= 4 is 5.97 Å². The van der Waals surface area contributed by atoms with Crippen LogP contribution in [0.25, 0.3) is 0 Å². The molecular formula is C33H56O2. The Kier molecular flexibility index (Phi) is 8.80. The summed E-state index contributed by atoms with van der Waals surface area (Å²) in [5.74, 6) is 5.33. The maximum absolute atomic E-state index is 12.4. The van der Waals surface area contributed by atoms with Crippen molar-refractivity contribution in [2.24, 2.45) is 46.3 Å². The minimum absolute atomic E-state index is 0.0364. The highest BCUT2D eigenvalue weighted by atomic mass is 16.5. The van der Waals surface area contributed by atoms with Crippen LogP contribution in [-0.2, 0) is 9.53 Å². The number of esters is 1. The number of hydrogen-bond donors (Lipinski definition) is 0. The van der Waals surface area contributed by atoms with Gasteiger partial charge in [-0.2, -0.15) is 0 Å². The van der Waals surface area contributed by atoms with E-state index in [9.17, 15) is 4.79 Å². The molecule has 0 aromatic carbocycles. The molecule has 2 heteroatoms. The van der Waals surface area contributed by atoms with E-state index < -0.39 is 0 Å². The Morgan fingerprint density at radius 1 is 1.00 bits per heavy atom. The molecule has 0 N–H and O–H groups in total. The summed E-state index contributed by atoms with van der Waals surface area (Å²) in [5.41, 5.74) is 2.54. The molecule has 6 unspecified atom stereocenters. The maximum atomic E-state index is 12.4. The van der Waals surface area contributed by atoms with Gasteiger partial charge in [0, 0.05) is 12.8 Å². The fraction of sp³-hybridized carbons (Fsp3) is 0.909. The number of hydrogen-bond acceptors (Lipinski definition) is 2. The molecule has 0 spiro atoms. The Hall–Kier alpha value is -0.790. The highest BCUT2D eigenvalue weighted by Crippen LogP contribution is 2.67. The van der Waals surface area contributed by atoms with Gasteiger partial charge in [0.05, 0.1) is 0 Å². The van der Waals surface area contributed by atoms with Crippen molar-refractivity contribution in [1.82, 2.24) is 0 Å². The lowest BCUT2D eigenvalue weighted by atomic mass is 9.47. The highest BCUT2D eigenvalue weighted by molar-refractivity contribution is 5.69. The van der Waals surface area contributed by atoms with E-state index in [2.05, 4.69) is 47.6 Å². The van der Waals surface area contributed by atoms with Crippen molar-refractivity contribution in [3.8, 4) is 0 Å². The van der Waals surface area contributed by atoms with Crippen LogP contribution in [0.5, 0.6) is 0 Å². The van der Waals surface area contributed by atoms with Crippen LogP contribution in [0.4, 0.5) is 0 Å². The Morgan fingerprint density at radius 2 is 1.80 bits per heavy atom. The van der Waals surface area contributed by atoms with Crippen molar-refractivity contribution in [2.75, 3.05) is 0 Å². The van der Waals surface area contributed by atoms with Gasteiger partial charge in [-0.3, -0.25) is 4.79 Å². The average molecular weight is 485 g/mol. The molecule has 3 saturated carbocycles. The van der Waals surface area contributed by atoms with Crippen molar-refractivity contribution in [2.45, 2.75) is 144 Å². The summed E-state index contributed by atoms with van der Waals surface area (Å²) in [6.07, 6.45) is 21.2. The van der Waals surface area contributed by atoms with Crippen molar-refractivity contribution in [3.63, 3.8) is 0 Å². The monoisotopic (exact) mass is 484 g/mol. The van der Waals surface area contributed by atoms with Gasteiger partial charge < -0.3 is 4.74 Å². The smallest absolute Gasteiger partial charge is 0.306 e. The SMILES string of the molecule is CCCCCC(=O)OC1CC[C@@]2(C)C(=CCC3C4CCC(C(C)CCCC(C)C)[C@@]4(C)CCC32)C1.